The van der Waals surface area contributed by atoms with Crippen molar-refractivity contribution in [2.75, 3.05) is 24.4 Å². The number of nitrogens with zero attached hydrogens (tertiary/aromatic N) is 3. The van der Waals surface area contributed by atoms with Crippen LogP contribution >= 0.6 is 11.6 Å². The summed E-state index contributed by atoms with van der Waals surface area (Å²) in [6, 6.07) is 16.1. The molecule has 3 aromatic rings. The first-order valence-electron chi connectivity index (χ1n) is 8.64. The molecule has 29 heavy (non-hydrogen) atoms. The fourth-order valence-electron chi connectivity index (χ4n) is 2.54. The number of aromatic nitrogens is 1. The molecule has 2 aromatic carbocycles. The second-order valence-electron chi connectivity index (χ2n) is 6.49. The minimum absolute atomic E-state index is 0.235. The van der Waals surface area contributed by atoms with E-state index in [2.05, 4.69) is 15.5 Å². The topological polar surface area (TPSA) is 40.5 Å². The van der Waals surface area contributed by atoms with Crippen LogP contribution in [-0.4, -0.2) is 25.3 Å². The fraction of sp³-hybridized carbons (Fsp3) is 0.143. The van der Waals surface area contributed by atoms with Crippen molar-refractivity contribution < 1.29 is 13.2 Å². The highest BCUT2D eigenvalue weighted by molar-refractivity contribution is 6.30. The summed E-state index contributed by atoms with van der Waals surface area (Å²) in [6.07, 6.45) is -2.87. The van der Waals surface area contributed by atoms with Crippen LogP contribution in [0.4, 0.5) is 24.7 Å². The van der Waals surface area contributed by atoms with E-state index in [9.17, 15) is 13.2 Å². The Morgan fingerprint density at radius 3 is 2.41 bits per heavy atom. The lowest BCUT2D eigenvalue weighted by atomic mass is 10.1. The highest BCUT2D eigenvalue weighted by Gasteiger charge is 2.32. The monoisotopic (exact) mass is 418 g/mol. The van der Waals surface area contributed by atoms with Gasteiger partial charge in [0.05, 0.1) is 23.2 Å². The van der Waals surface area contributed by atoms with Crippen LogP contribution in [0.3, 0.4) is 0 Å². The largest absolute Gasteiger partial charge is 0.416 e. The van der Waals surface area contributed by atoms with E-state index in [1.54, 1.807) is 73.7 Å². The molecular formula is C21H18ClF3N4. The smallest absolute Gasteiger partial charge is 0.363 e. The number of hydrogen-bond donors (Lipinski definition) is 1. The Kier molecular flexibility index (Phi) is 6.08. The van der Waals surface area contributed by atoms with Crippen molar-refractivity contribution in [2.45, 2.75) is 6.18 Å². The second kappa shape index (κ2) is 8.53. The van der Waals surface area contributed by atoms with E-state index in [1.807, 2.05) is 0 Å². The molecule has 0 bridgehead atoms. The summed E-state index contributed by atoms with van der Waals surface area (Å²) in [5.74, 6) is 0.235. The van der Waals surface area contributed by atoms with Crippen molar-refractivity contribution in [1.82, 2.24) is 4.98 Å². The highest BCUT2D eigenvalue weighted by atomic mass is 35.5. The zero-order valence-electron chi connectivity index (χ0n) is 15.7. The van der Waals surface area contributed by atoms with E-state index < -0.39 is 11.7 Å². The number of alkyl halides is 3. The van der Waals surface area contributed by atoms with Crippen molar-refractivity contribution in [3.8, 4) is 11.3 Å². The maximum absolute atomic E-state index is 13.3. The summed E-state index contributed by atoms with van der Waals surface area (Å²) in [6.45, 7) is 0. The van der Waals surface area contributed by atoms with Crippen LogP contribution in [0.1, 0.15) is 11.1 Å². The molecule has 150 valence electrons. The van der Waals surface area contributed by atoms with Crippen LogP contribution in [0, 0.1) is 0 Å². The molecular weight excluding hydrogens is 401 g/mol. The molecule has 0 spiro atoms. The average molecular weight is 419 g/mol. The van der Waals surface area contributed by atoms with Crippen molar-refractivity contribution in [2.24, 2.45) is 5.10 Å². The van der Waals surface area contributed by atoms with Gasteiger partial charge in [-0.3, -0.25) is 5.43 Å². The first-order valence-corrected chi connectivity index (χ1v) is 9.02. The first-order chi connectivity index (χ1) is 13.7. The van der Waals surface area contributed by atoms with Gasteiger partial charge in [0.25, 0.3) is 0 Å². The predicted molar refractivity (Wildman–Crippen MR) is 112 cm³/mol. The number of hydrogen-bond acceptors (Lipinski definition) is 4. The van der Waals surface area contributed by atoms with Crippen LogP contribution in [-0.2, 0) is 6.18 Å². The molecule has 8 heteroatoms. The molecule has 0 atom stereocenters. The van der Waals surface area contributed by atoms with Gasteiger partial charge in [-0.2, -0.15) is 18.3 Å². The van der Waals surface area contributed by atoms with Crippen LogP contribution in [0.25, 0.3) is 11.3 Å². The molecule has 0 saturated carbocycles. The highest BCUT2D eigenvalue weighted by Crippen LogP contribution is 2.34. The molecule has 0 aliphatic heterocycles. The summed E-state index contributed by atoms with van der Waals surface area (Å²) < 4.78 is 39.8. The lowest BCUT2D eigenvalue weighted by Gasteiger charge is -2.16. The van der Waals surface area contributed by atoms with Gasteiger partial charge >= 0.3 is 6.18 Å². The van der Waals surface area contributed by atoms with Gasteiger partial charge in [-0.05, 0) is 48.0 Å². The average Bonchev–Trinajstić information content (AvgIpc) is 2.69. The normalized spacial score (nSPS) is 11.7. The molecule has 0 aliphatic rings. The summed E-state index contributed by atoms with van der Waals surface area (Å²) in [5.41, 5.74) is 4.41. The Labute approximate surface area is 171 Å². The third-order valence-electron chi connectivity index (χ3n) is 4.03. The van der Waals surface area contributed by atoms with Crippen LogP contribution in [0.2, 0.25) is 5.02 Å². The molecule has 1 heterocycles. The van der Waals surface area contributed by atoms with Crippen LogP contribution < -0.4 is 10.3 Å². The van der Waals surface area contributed by atoms with E-state index in [0.29, 0.717) is 10.6 Å². The van der Waals surface area contributed by atoms with Gasteiger partial charge < -0.3 is 4.90 Å². The Morgan fingerprint density at radius 2 is 1.76 bits per heavy atom. The number of pyridine rings is 1. The van der Waals surface area contributed by atoms with Crippen molar-refractivity contribution >= 4 is 29.3 Å². The zero-order chi connectivity index (χ0) is 21.0. The van der Waals surface area contributed by atoms with Crippen molar-refractivity contribution in [3.05, 3.63) is 76.8 Å². The number of benzene rings is 2. The predicted octanol–water partition coefficient (Wildman–Crippen LogP) is 5.93. The van der Waals surface area contributed by atoms with Gasteiger partial charge in [0.15, 0.2) is 0 Å². The molecule has 0 saturated heterocycles. The van der Waals surface area contributed by atoms with E-state index in [0.717, 1.165) is 23.4 Å². The van der Waals surface area contributed by atoms with Crippen molar-refractivity contribution in [3.63, 3.8) is 0 Å². The number of rotatable bonds is 5. The third kappa shape index (κ3) is 5.48. The van der Waals surface area contributed by atoms with Crippen molar-refractivity contribution in [1.29, 1.82) is 0 Å². The molecule has 3 rings (SSSR count). The SMILES string of the molecule is CN(C)c1cc(C(F)(F)F)cc(-c2cccc(C=NNc3ccc(Cl)cc3)c2)n1. The Morgan fingerprint density at radius 1 is 1.03 bits per heavy atom. The first kappa shape index (κ1) is 20.7. The lowest BCUT2D eigenvalue weighted by Crippen LogP contribution is -2.14. The fourth-order valence-corrected chi connectivity index (χ4v) is 2.67. The minimum Gasteiger partial charge on any atom is -0.363 e. The lowest BCUT2D eigenvalue weighted by molar-refractivity contribution is -0.137. The number of nitrogens with one attached hydrogen (secondary N) is 1. The molecule has 1 aromatic heterocycles. The van der Waals surface area contributed by atoms with E-state index in [4.69, 9.17) is 11.6 Å². The number of halogens is 4. The molecule has 1 N–H and O–H groups in total. The molecule has 0 unspecified atom stereocenters. The summed E-state index contributed by atoms with van der Waals surface area (Å²) in [5, 5.41) is 4.78. The zero-order valence-corrected chi connectivity index (χ0v) is 16.5. The van der Waals surface area contributed by atoms with Gasteiger partial charge in [0, 0.05) is 24.7 Å². The molecule has 4 nitrogen and oxygen atoms in total. The Hall–Kier alpha value is -3.06. The van der Waals surface area contributed by atoms with E-state index in [1.165, 1.54) is 0 Å². The molecule has 0 radical (unpaired) electrons. The number of anilines is 2. The van der Waals surface area contributed by atoms with Crippen LogP contribution in [0.15, 0.2) is 65.8 Å². The summed E-state index contributed by atoms with van der Waals surface area (Å²) in [4.78, 5) is 5.89. The van der Waals surface area contributed by atoms with E-state index in [-0.39, 0.29) is 11.5 Å². The van der Waals surface area contributed by atoms with Gasteiger partial charge in [-0.25, -0.2) is 4.98 Å². The maximum atomic E-state index is 13.3. The van der Waals surface area contributed by atoms with Gasteiger partial charge in [-0.1, -0.05) is 29.8 Å². The second-order valence-corrected chi connectivity index (χ2v) is 6.93. The molecule has 0 fully saturated rings. The number of hydrazone groups is 1. The summed E-state index contributed by atoms with van der Waals surface area (Å²) >= 11 is 5.84. The Bertz CT molecular complexity index is 1020. The van der Waals surface area contributed by atoms with E-state index >= 15 is 0 Å². The van der Waals surface area contributed by atoms with Gasteiger partial charge in [-0.15, -0.1) is 0 Å². The quantitative estimate of drug-likeness (QED) is 0.412. The molecule has 0 aliphatic carbocycles. The third-order valence-corrected chi connectivity index (χ3v) is 4.28. The van der Waals surface area contributed by atoms with Gasteiger partial charge in [0.1, 0.15) is 5.82 Å². The van der Waals surface area contributed by atoms with Gasteiger partial charge in [0.2, 0.25) is 0 Å². The summed E-state index contributed by atoms with van der Waals surface area (Å²) in [7, 11) is 3.30. The Balaban J connectivity index is 1.87. The maximum Gasteiger partial charge on any atom is 0.416 e. The molecule has 0 amide bonds. The minimum atomic E-state index is -4.45. The van der Waals surface area contributed by atoms with Crippen LogP contribution in [0.5, 0.6) is 0 Å². The standard InChI is InChI=1S/C21H18ClF3N4/c1-29(2)20-12-16(21(23,24)25)11-19(27-20)15-5-3-4-14(10-15)13-26-28-18-8-6-17(22)7-9-18/h3-13,28H,1-2H3.